The summed E-state index contributed by atoms with van der Waals surface area (Å²) in [6, 6.07) is 13.4. The van der Waals surface area contributed by atoms with Crippen molar-refractivity contribution in [2.24, 2.45) is 11.8 Å². The van der Waals surface area contributed by atoms with Crippen molar-refractivity contribution in [1.29, 1.82) is 0 Å². The van der Waals surface area contributed by atoms with Gasteiger partial charge < -0.3 is 14.7 Å². The van der Waals surface area contributed by atoms with Gasteiger partial charge in [-0.15, -0.1) is 0 Å². The van der Waals surface area contributed by atoms with Gasteiger partial charge in [-0.1, -0.05) is 48.0 Å². The largest absolute Gasteiger partial charge is 0.478 e. The second-order valence-electron chi connectivity index (χ2n) is 5.63. The Morgan fingerprint density at radius 2 is 1.64 bits per heavy atom. The van der Waals surface area contributed by atoms with Gasteiger partial charge in [0.05, 0.1) is 5.56 Å². The molecular weight excluding hydrogens is 340 g/mol. The van der Waals surface area contributed by atoms with Gasteiger partial charge in [0.1, 0.15) is 12.6 Å². The molecule has 0 spiro atoms. The molecule has 0 bridgehead atoms. The zero-order valence-electron chi connectivity index (χ0n) is 13.3. The molecule has 0 aliphatic rings. The lowest BCUT2D eigenvalue weighted by molar-refractivity contribution is -0.117. The molecule has 2 aromatic carbocycles. The molecule has 2 aromatic rings. The lowest BCUT2D eigenvalue weighted by atomic mass is 9.88. The zero-order valence-corrected chi connectivity index (χ0v) is 14.1. The third-order valence-electron chi connectivity index (χ3n) is 3.88. The monoisotopic (exact) mass is 356 g/mol. The van der Waals surface area contributed by atoms with Crippen LogP contribution in [0.1, 0.15) is 21.5 Å². The van der Waals surface area contributed by atoms with Crippen molar-refractivity contribution in [2.75, 3.05) is 0 Å². The summed E-state index contributed by atoms with van der Waals surface area (Å²) in [5.41, 5.74) is 1.87. The van der Waals surface area contributed by atoms with Gasteiger partial charge in [0, 0.05) is 16.9 Å². The number of hydrogen-bond acceptors (Lipinski definition) is 3. The van der Waals surface area contributed by atoms with Crippen molar-refractivity contribution in [1.82, 2.24) is 0 Å². The van der Waals surface area contributed by atoms with Crippen molar-refractivity contribution in [3.8, 4) is 0 Å². The third-order valence-corrected chi connectivity index (χ3v) is 4.13. The van der Waals surface area contributed by atoms with Gasteiger partial charge in [-0.05, 0) is 41.8 Å². The van der Waals surface area contributed by atoms with Gasteiger partial charge in [-0.2, -0.15) is 0 Å². The minimum atomic E-state index is -0.995. The molecule has 2 unspecified atom stereocenters. The average Bonchev–Trinajstić information content (AvgIpc) is 2.63. The predicted octanol–water partition coefficient (Wildman–Crippen LogP) is 3.92. The molecule has 0 saturated heterocycles. The number of rotatable bonds is 8. The first-order valence-electron chi connectivity index (χ1n) is 7.70. The minimum Gasteiger partial charge on any atom is -0.478 e. The van der Waals surface area contributed by atoms with Crippen LogP contribution in [0.4, 0.5) is 0 Å². The van der Waals surface area contributed by atoms with E-state index in [0.29, 0.717) is 11.4 Å². The SMILES string of the molecule is O=CC(/C=C/c1ccc(C(=O)O)cc1)C(C=O)Cc1ccc(Cl)cc1. The maximum absolute atomic E-state index is 11.4. The van der Waals surface area contributed by atoms with E-state index in [1.807, 2.05) is 12.1 Å². The Hall–Kier alpha value is -2.72. The number of carbonyl (C=O) groups excluding carboxylic acids is 2. The molecule has 25 heavy (non-hydrogen) atoms. The molecule has 0 aromatic heterocycles. The Labute approximate surface area is 150 Å². The number of hydrogen-bond donors (Lipinski definition) is 1. The van der Waals surface area contributed by atoms with Crippen LogP contribution in [0.5, 0.6) is 0 Å². The molecule has 4 nitrogen and oxygen atoms in total. The first-order valence-corrected chi connectivity index (χ1v) is 8.08. The quantitative estimate of drug-likeness (QED) is 0.727. The predicted molar refractivity (Wildman–Crippen MR) is 96.7 cm³/mol. The van der Waals surface area contributed by atoms with Crippen molar-refractivity contribution >= 4 is 36.2 Å². The van der Waals surface area contributed by atoms with Crippen LogP contribution in [0.15, 0.2) is 54.6 Å². The Balaban J connectivity index is 2.10. The lowest BCUT2D eigenvalue weighted by Gasteiger charge is -2.14. The fourth-order valence-electron chi connectivity index (χ4n) is 2.42. The van der Waals surface area contributed by atoms with Crippen LogP contribution in [0, 0.1) is 11.8 Å². The van der Waals surface area contributed by atoms with Gasteiger partial charge in [0.15, 0.2) is 0 Å². The van der Waals surface area contributed by atoms with Gasteiger partial charge in [0.25, 0.3) is 0 Å². The zero-order chi connectivity index (χ0) is 18.2. The number of carboxylic acid groups (broad SMARTS) is 1. The summed E-state index contributed by atoms with van der Waals surface area (Å²) in [7, 11) is 0. The number of halogens is 1. The van der Waals surface area contributed by atoms with Crippen LogP contribution in [0.2, 0.25) is 5.02 Å². The third kappa shape index (κ3) is 5.40. The van der Waals surface area contributed by atoms with Gasteiger partial charge >= 0.3 is 5.97 Å². The van der Waals surface area contributed by atoms with Crippen LogP contribution < -0.4 is 0 Å². The summed E-state index contributed by atoms with van der Waals surface area (Å²) in [6.07, 6.45) is 5.34. The fourth-order valence-corrected chi connectivity index (χ4v) is 2.54. The Kier molecular flexibility index (Phi) is 6.66. The van der Waals surface area contributed by atoms with Crippen LogP contribution >= 0.6 is 11.6 Å². The highest BCUT2D eigenvalue weighted by molar-refractivity contribution is 6.30. The smallest absolute Gasteiger partial charge is 0.335 e. The normalized spacial score (nSPS) is 13.3. The van der Waals surface area contributed by atoms with E-state index in [0.717, 1.165) is 23.7 Å². The first kappa shape index (κ1) is 18.6. The van der Waals surface area contributed by atoms with Crippen LogP contribution in [0.3, 0.4) is 0 Å². The van der Waals surface area contributed by atoms with Crippen molar-refractivity contribution in [3.05, 3.63) is 76.3 Å². The molecule has 2 rings (SSSR count). The number of aldehydes is 2. The number of allylic oxidation sites excluding steroid dienone is 1. The Bertz CT molecular complexity index is 763. The number of benzene rings is 2. The summed E-state index contributed by atoms with van der Waals surface area (Å²) in [5, 5.41) is 9.50. The van der Waals surface area contributed by atoms with Crippen molar-refractivity contribution < 1.29 is 19.5 Å². The van der Waals surface area contributed by atoms with E-state index in [1.165, 1.54) is 12.1 Å². The summed E-state index contributed by atoms with van der Waals surface area (Å²) >= 11 is 5.85. The standard InChI is InChI=1S/C20H17ClO4/c21-19-9-4-15(5-10-19)11-18(13-23)17(12-22)8-3-14-1-6-16(7-2-14)20(24)25/h1-10,12-13,17-18H,11H2,(H,24,25)/b8-3+. The summed E-state index contributed by atoms with van der Waals surface area (Å²) in [5.74, 6) is -2.04. The van der Waals surface area contributed by atoms with Crippen LogP contribution in [0.25, 0.3) is 6.08 Å². The second-order valence-corrected chi connectivity index (χ2v) is 6.07. The molecule has 5 heteroatoms. The van der Waals surface area contributed by atoms with Crippen LogP contribution in [-0.4, -0.2) is 23.6 Å². The van der Waals surface area contributed by atoms with E-state index >= 15 is 0 Å². The van der Waals surface area contributed by atoms with Gasteiger partial charge in [0.2, 0.25) is 0 Å². The fraction of sp³-hybridized carbons (Fsp3) is 0.150. The molecule has 0 fully saturated rings. The topological polar surface area (TPSA) is 71.4 Å². The maximum atomic E-state index is 11.4. The molecule has 0 radical (unpaired) electrons. The number of aromatic carboxylic acids is 1. The summed E-state index contributed by atoms with van der Waals surface area (Å²) < 4.78 is 0. The molecule has 0 heterocycles. The highest BCUT2D eigenvalue weighted by atomic mass is 35.5. The molecule has 0 saturated carbocycles. The maximum Gasteiger partial charge on any atom is 0.335 e. The van der Waals surface area contributed by atoms with Crippen LogP contribution in [-0.2, 0) is 16.0 Å². The molecule has 0 amide bonds. The molecular formula is C20H17ClO4. The summed E-state index contributed by atoms with van der Waals surface area (Å²) in [6.45, 7) is 0. The number of carbonyl (C=O) groups is 3. The highest BCUT2D eigenvalue weighted by Crippen LogP contribution is 2.19. The van der Waals surface area contributed by atoms with E-state index in [2.05, 4.69) is 0 Å². The van der Waals surface area contributed by atoms with Gasteiger partial charge in [-0.3, -0.25) is 0 Å². The van der Waals surface area contributed by atoms with E-state index < -0.39 is 17.8 Å². The molecule has 0 aliphatic heterocycles. The van der Waals surface area contributed by atoms with Gasteiger partial charge in [-0.25, -0.2) is 4.79 Å². The molecule has 2 atom stereocenters. The van der Waals surface area contributed by atoms with E-state index in [4.69, 9.17) is 16.7 Å². The lowest BCUT2D eigenvalue weighted by Crippen LogP contribution is -2.18. The van der Waals surface area contributed by atoms with E-state index in [-0.39, 0.29) is 5.56 Å². The minimum absolute atomic E-state index is 0.192. The number of carboxylic acids is 1. The second kappa shape index (κ2) is 8.94. The molecule has 128 valence electrons. The molecule has 0 aliphatic carbocycles. The Morgan fingerprint density at radius 1 is 1.00 bits per heavy atom. The van der Waals surface area contributed by atoms with Crippen molar-refractivity contribution in [2.45, 2.75) is 6.42 Å². The highest BCUT2D eigenvalue weighted by Gasteiger charge is 2.18. The van der Waals surface area contributed by atoms with E-state index in [9.17, 15) is 14.4 Å². The molecule has 1 N–H and O–H groups in total. The first-order chi connectivity index (χ1) is 12.0. The Morgan fingerprint density at radius 3 is 2.16 bits per heavy atom. The summed E-state index contributed by atoms with van der Waals surface area (Å²) in [4.78, 5) is 33.7. The average molecular weight is 357 g/mol. The van der Waals surface area contributed by atoms with Crippen molar-refractivity contribution in [3.63, 3.8) is 0 Å². The van der Waals surface area contributed by atoms with E-state index in [1.54, 1.807) is 36.4 Å².